The molecular weight excluding hydrogens is 313 g/mol. The lowest BCUT2D eigenvalue weighted by atomic mass is 10.0. The summed E-state index contributed by atoms with van der Waals surface area (Å²) in [6.45, 7) is 1.47. The van der Waals surface area contributed by atoms with Crippen LogP contribution in [0.1, 0.15) is 12.5 Å². The van der Waals surface area contributed by atoms with Crippen molar-refractivity contribution in [2.24, 2.45) is 0 Å². The Morgan fingerprint density at radius 1 is 1.09 bits per heavy atom. The summed E-state index contributed by atoms with van der Waals surface area (Å²) in [5.74, 6) is -0.410. The SMILES string of the molecule is CC(=O)[C@@H](Cc1ccccc1)NC(=O)CSc1ccc(F)cc1. The Kier molecular flexibility index (Phi) is 6.35. The summed E-state index contributed by atoms with van der Waals surface area (Å²) in [6, 6.07) is 15.0. The highest BCUT2D eigenvalue weighted by Crippen LogP contribution is 2.17. The molecule has 0 aliphatic heterocycles. The summed E-state index contributed by atoms with van der Waals surface area (Å²) in [4.78, 5) is 24.6. The van der Waals surface area contributed by atoms with Crippen LogP contribution in [0.4, 0.5) is 4.39 Å². The summed E-state index contributed by atoms with van der Waals surface area (Å²) < 4.78 is 12.8. The minimum absolute atomic E-state index is 0.0750. The Labute approximate surface area is 139 Å². The first-order valence-electron chi connectivity index (χ1n) is 7.26. The molecule has 23 heavy (non-hydrogen) atoms. The van der Waals surface area contributed by atoms with Gasteiger partial charge in [-0.2, -0.15) is 0 Å². The van der Waals surface area contributed by atoms with Crippen molar-refractivity contribution < 1.29 is 14.0 Å². The molecule has 120 valence electrons. The average Bonchev–Trinajstić information content (AvgIpc) is 2.54. The number of hydrogen-bond acceptors (Lipinski definition) is 3. The van der Waals surface area contributed by atoms with Crippen LogP contribution in [0.2, 0.25) is 0 Å². The van der Waals surface area contributed by atoms with Gasteiger partial charge in [-0.25, -0.2) is 4.39 Å². The molecule has 2 rings (SSSR count). The topological polar surface area (TPSA) is 46.2 Å². The van der Waals surface area contributed by atoms with E-state index in [0.29, 0.717) is 6.42 Å². The molecule has 0 saturated heterocycles. The van der Waals surface area contributed by atoms with Crippen molar-refractivity contribution in [3.63, 3.8) is 0 Å². The van der Waals surface area contributed by atoms with Crippen LogP contribution in [0.25, 0.3) is 0 Å². The highest BCUT2D eigenvalue weighted by molar-refractivity contribution is 8.00. The van der Waals surface area contributed by atoms with Crippen LogP contribution in [-0.2, 0) is 16.0 Å². The minimum Gasteiger partial charge on any atom is -0.345 e. The number of benzene rings is 2. The molecule has 1 N–H and O–H groups in total. The monoisotopic (exact) mass is 331 g/mol. The van der Waals surface area contributed by atoms with Gasteiger partial charge in [-0.15, -0.1) is 11.8 Å². The lowest BCUT2D eigenvalue weighted by molar-refractivity contribution is -0.125. The van der Waals surface area contributed by atoms with E-state index in [-0.39, 0.29) is 23.3 Å². The number of carbonyl (C=O) groups is 2. The number of amides is 1. The van der Waals surface area contributed by atoms with Crippen LogP contribution in [0, 0.1) is 5.82 Å². The van der Waals surface area contributed by atoms with E-state index in [4.69, 9.17) is 0 Å². The normalized spacial score (nSPS) is 11.7. The lowest BCUT2D eigenvalue weighted by Crippen LogP contribution is -2.42. The van der Waals surface area contributed by atoms with Gasteiger partial charge >= 0.3 is 0 Å². The molecule has 0 aliphatic rings. The molecular formula is C18H18FNO2S. The number of hydrogen-bond donors (Lipinski definition) is 1. The number of rotatable bonds is 7. The van der Waals surface area contributed by atoms with Gasteiger partial charge in [-0.05, 0) is 43.2 Å². The Hall–Kier alpha value is -2.14. The Balaban J connectivity index is 1.88. The van der Waals surface area contributed by atoms with Crippen molar-refractivity contribution in [1.29, 1.82) is 0 Å². The van der Waals surface area contributed by atoms with Crippen LogP contribution in [-0.4, -0.2) is 23.5 Å². The summed E-state index contributed by atoms with van der Waals surface area (Å²) >= 11 is 1.31. The number of halogens is 1. The molecule has 0 fully saturated rings. The fourth-order valence-corrected chi connectivity index (χ4v) is 2.77. The van der Waals surface area contributed by atoms with Crippen LogP contribution in [0.5, 0.6) is 0 Å². The molecule has 0 spiro atoms. The van der Waals surface area contributed by atoms with Crippen molar-refractivity contribution in [3.05, 3.63) is 66.0 Å². The summed E-state index contributed by atoms with van der Waals surface area (Å²) in [6.07, 6.45) is 0.475. The van der Waals surface area contributed by atoms with Crippen LogP contribution in [0.15, 0.2) is 59.5 Å². The largest absolute Gasteiger partial charge is 0.345 e. The third-order valence-electron chi connectivity index (χ3n) is 3.29. The molecule has 0 bridgehead atoms. The second-order valence-electron chi connectivity index (χ2n) is 5.16. The van der Waals surface area contributed by atoms with Gasteiger partial charge in [-0.1, -0.05) is 30.3 Å². The van der Waals surface area contributed by atoms with Gasteiger partial charge in [0.2, 0.25) is 5.91 Å². The molecule has 2 aromatic carbocycles. The molecule has 5 heteroatoms. The molecule has 0 radical (unpaired) electrons. The van der Waals surface area contributed by atoms with Crippen molar-refractivity contribution in [2.45, 2.75) is 24.3 Å². The quantitative estimate of drug-likeness (QED) is 0.792. The van der Waals surface area contributed by atoms with Gasteiger partial charge < -0.3 is 5.32 Å². The minimum atomic E-state index is -0.529. The van der Waals surface area contributed by atoms with Gasteiger partial charge in [0.1, 0.15) is 5.82 Å². The predicted octanol–water partition coefficient (Wildman–Crippen LogP) is 3.23. The smallest absolute Gasteiger partial charge is 0.230 e. The number of Topliss-reactive ketones (excluding diaryl/α,β-unsaturated/α-hetero) is 1. The molecule has 2 aromatic rings. The van der Waals surface area contributed by atoms with E-state index in [1.165, 1.54) is 30.8 Å². The van der Waals surface area contributed by atoms with Gasteiger partial charge in [0.05, 0.1) is 11.8 Å². The maximum atomic E-state index is 12.8. The first-order valence-corrected chi connectivity index (χ1v) is 8.25. The summed E-state index contributed by atoms with van der Waals surface area (Å²) in [7, 11) is 0. The molecule has 0 unspecified atom stereocenters. The molecule has 0 saturated carbocycles. The second-order valence-corrected chi connectivity index (χ2v) is 6.21. The molecule has 0 aromatic heterocycles. The standard InChI is InChI=1S/C18H18FNO2S/c1-13(21)17(11-14-5-3-2-4-6-14)20-18(22)12-23-16-9-7-15(19)8-10-16/h2-10,17H,11-12H2,1H3,(H,20,22)/t17-/m1/s1. The van der Waals surface area contributed by atoms with E-state index in [2.05, 4.69) is 5.32 Å². The van der Waals surface area contributed by atoms with Crippen molar-refractivity contribution in [1.82, 2.24) is 5.32 Å². The molecule has 1 amide bonds. The fraction of sp³-hybridized carbons (Fsp3) is 0.222. The zero-order valence-electron chi connectivity index (χ0n) is 12.8. The van der Waals surface area contributed by atoms with E-state index in [0.717, 1.165) is 10.5 Å². The highest BCUT2D eigenvalue weighted by Gasteiger charge is 2.17. The van der Waals surface area contributed by atoms with Crippen LogP contribution < -0.4 is 5.32 Å². The van der Waals surface area contributed by atoms with Crippen molar-refractivity contribution >= 4 is 23.5 Å². The zero-order chi connectivity index (χ0) is 16.7. The van der Waals surface area contributed by atoms with E-state index < -0.39 is 6.04 Å². The van der Waals surface area contributed by atoms with Gasteiger partial charge in [-0.3, -0.25) is 9.59 Å². The number of ketones is 1. The summed E-state index contributed by atoms with van der Waals surface area (Å²) in [5.41, 5.74) is 0.999. The van der Waals surface area contributed by atoms with E-state index in [9.17, 15) is 14.0 Å². The lowest BCUT2D eigenvalue weighted by Gasteiger charge is -2.16. The van der Waals surface area contributed by atoms with E-state index >= 15 is 0 Å². The van der Waals surface area contributed by atoms with E-state index in [1.807, 2.05) is 30.3 Å². The maximum Gasteiger partial charge on any atom is 0.230 e. The van der Waals surface area contributed by atoms with Gasteiger partial charge in [0.15, 0.2) is 5.78 Å². The molecule has 1 atom stereocenters. The number of carbonyl (C=O) groups excluding carboxylic acids is 2. The average molecular weight is 331 g/mol. The number of nitrogens with one attached hydrogen (secondary N) is 1. The molecule has 3 nitrogen and oxygen atoms in total. The maximum absolute atomic E-state index is 12.8. The third kappa shape index (κ3) is 5.87. The van der Waals surface area contributed by atoms with Crippen LogP contribution in [0.3, 0.4) is 0 Å². The highest BCUT2D eigenvalue weighted by atomic mass is 32.2. The van der Waals surface area contributed by atoms with Crippen LogP contribution >= 0.6 is 11.8 Å². The predicted molar refractivity (Wildman–Crippen MR) is 89.9 cm³/mol. The zero-order valence-corrected chi connectivity index (χ0v) is 13.6. The van der Waals surface area contributed by atoms with Crippen molar-refractivity contribution in [2.75, 3.05) is 5.75 Å². The molecule has 0 aliphatic carbocycles. The van der Waals surface area contributed by atoms with Gasteiger partial charge in [0, 0.05) is 4.90 Å². The van der Waals surface area contributed by atoms with Gasteiger partial charge in [0.25, 0.3) is 0 Å². The third-order valence-corrected chi connectivity index (χ3v) is 4.30. The number of thioether (sulfide) groups is 1. The van der Waals surface area contributed by atoms with Crippen molar-refractivity contribution in [3.8, 4) is 0 Å². The molecule has 0 heterocycles. The fourth-order valence-electron chi connectivity index (χ4n) is 2.06. The van der Waals surface area contributed by atoms with E-state index in [1.54, 1.807) is 12.1 Å². The first-order chi connectivity index (χ1) is 11.0. The second kappa shape index (κ2) is 8.48. The summed E-state index contributed by atoms with van der Waals surface area (Å²) in [5, 5.41) is 2.76. The Bertz CT molecular complexity index is 658. The Morgan fingerprint density at radius 2 is 1.74 bits per heavy atom. The Morgan fingerprint density at radius 3 is 2.35 bits per heavy atom. The first kappa shape index (κ1) is 17.2.